The molecule has 1 saturated heterocycles. The molecule has 104 valence electrons. The number of carbonyl (C=O) groups is 2. The van der Waals surface area contributed by atoms with Gasteiger partial charge >= 0.3 is 12.0 Å². The molecule has 3 unspecified atom stereocenters. The number of urea groups is 1. The van der Waals surface area contributed by atoms with Crippen molar-refractivity contribution in [1.29, 1.82) is 0 Å². The van der Waals surface area contributed by atoms with E-state index < -0.39 is 18.2 Å². The molecular weight excluding hydrogens is 240 g/mol. The number of hydrogen-bond acceptors (Lipinski definition) is 4. The third kappa shape index (κ3) is 4.15. The number of carboxylic acids is 1. The summed E-state index contributed by atoms with van der Waals surface area (Å²) in [6.45, 7) is 2.91. The summed E-state index contributed by atoms with van der Waals surface area (Å²) in [5.41, 5.74) is 0. The molecule has 4 N–H and O–H groups in total. The van der Waals surface area contributed by atoms with Gasteiger partial charge in [-0.1, -0.05) is 0 Å². The fraction of sp³-hybridized carbons (Fsp3) is 0.818. The van der Waals surface area contributed by atoms with Crippen LogP contribution in [-0.4, -0.2) is 64.1 Å². The van der Waals surface area contributed by atoms with Crippen molar-refractivity contribution in [2.45, 2.75) is 32.0 Å². The summed E-state index contributed by atoms with van der Waals surface area (Å²) in [7, 11) is 0. The van der Waals surface area contributed by atoms with Crippen LogP contribution in [-0.2, 0) is 4.79 Å². The van der Waals surface area contributed by atoms with Gasteiger partial charge in [0, 0.05) is 32.0 Å². The summed E-state index contributed by atoms with van der Waals surface area (Å²) >= 11 is 0. The first-order valence-corrected chi connectivity index (χ1v) is 6.03. The minimum Gasteiger partial charge on any atom is -0.479 e. The SMILES string of the molecule is CC(O)C1CCN(C(=O)NCCC(O)C(=O)O)C1. The maximum absolute atomic E-state index is 11.7. The third-order valence-corrected chi connectivity index (χ3v) is 3.17. The molecule has 0 radical (unpaired) electrons. The quantitative estimate of drug-likeness (QED) is 0.519. The minimum absolute atomic E-state index is 0.0191. The van der Waals surface area contributed by atoms with Gasteiger partial charge in [-0.2, -0.15) is 0 Å². The number of carbonyl (C=O) groups excluding carboxylic acids is 1. The number of nitrogens with one attached hydrogen (secondary N) is 1. The van der Waals surface area contributed by atoms with Crippen molar-refractivity contribution in [3.05, 3.63) is 0 Å². The zero-order chi connectivity index (χ0) is 13.7. The van der Waals surface area contributed by atoms with Crippen molar-refractivity contribution in [2.75, 3.05) is 19.6 Å². The van der Waals surface area contributed by atoms with E-state index in [0.29, 0.717) is 13.1 Å². The van der Waals surface area contributed by atoms with Gasteiger partial charge in [0.25, 0.3) is 0 Å². The lowest BCUT2D eigenvalue weighted by atomic mass is 10.0. The van der Waals surface area contributed by atoms with Gasteiger partial charge in [0.05, 0.1) is 6.10 Å². The van der Waals surface area contributed by atoms with Crippen molar-refractivity contribution in [3.8, 4) is 0 Å². The highest BCUT2D eigenvalue weighted by Crippen LogP contribution is 2.19. The Balaban J connectivity index is 2.24. The van der Waals surface area contributed by atoms with Crippen molar-refractivity contribution < 1.29 is 24.9 Å². The van der Waals surface area contributed by atoms with Gasteiger partial charge in [-0.3, -0.25) is 0 Å². The summed E-state index contributed by atoms with van der Waals surface area (Å²) in [6.07, 6.45) is -1.14. The molecule has 0 aliphatic carbocycles. The van der Waals surface area contributed by atoms with Crippen molar-refractivity contribution in [1.82, 2.24) is 10.2 Å². The van der Waals surface area contributed by atoms with Crippen molar-refractivity contribution in [2.24, 2.45) is 5.92 Å². The Hall–Kier alpha value is -1.34. The van der Waals surface area contributed by atoms with Crippen LogP contribution in [0.1, 0.15) is 19.8 Å². The topological polar surface area (TPSA) is 110 Å². The van der Waals surface area contributed by atoms with Gasteiger partial charge in [-0.05, 0) is 13.3 Å². The number of likely N-dealkylation sites (tertiary alicyclic amines) is 1. The van der Waals surface area contributed by atoms with E-state index >= 15 is 0 Å². The molecule has 0 aromatic heterocycles. The van der Waals surface area contributed by atoms with Crippen molar-refractivity contribution in [3.63, 3.8) is 0 Å². The molecule has 0 saturated carbocycles. The first-order chi connectivity index (χ1) is 8.41. The number of aliphatic hydroxyl groups is 2. The predicted molar refractivity (Wildman–Crippen MR) is 63.0 cm³/mol. The standard InChI is InChI=1S/C11H20N2O5/c1-7(14)8-3-5-13(6-8)11(18)12-4-2-9(15)10(16)17/h7-9,14-15H,2-6H2,1H3,(H,12,18)(H,16,17). The Kier molecular flexibility index (Phi) is 5.36. The van der Waals surface area contributed by atoms with Crippen LogP contribution < -0.4 is 5.32 Å². The number of amides is 2. The second-order valence-electron chi connectivity index (χ2n) is 4.61. The monoisotopic (exact) mass is 260 g/mol. The summed E-state index contributed by atoms with van der Waals surface area (Å²) in [5, 5.41) is 29.4. The van der Waals surface area contributed by atoms with Crippen molar-refractivity contribution >= 4 is 12.0 Å². The van der Waals surface area contributed by atoms with Gasteiger partial charge in [0.2, 0.25) is 0 Å². The number of carboxylic acid groups (broad SMARTS) is 1. The Morgan fingerprint density at radius 1 is 1.44 bits per heavy atom. The number of nitrogens with zero attached hydrogens (tertiary/aromatic N) is 1. The summed E-state index contributed by atoms with van der Waals surface area (Å²) in [4.78, 5) is 23.6. The molecule has 2 amide bonds. The molecular formula is C11H20N2O5. The lowest BCUT2D eigenvalue weighted by molar-refractivity contribution is -0.146. The van der Waals surface area contributed by atoms with Gasteiger partial charge in [0.15, 0.2) is 6.10 Å². The number of hydrogen-bond donors (Lipinski definition) is 4. The molecule has 3 atom stereocenters. The Bertz CT molecular complexity index is 308. The maximum atomic E-state index is 11.7. The van der Waals surface area contributed by atoms with Gasteiger partial charge in [0.1, 0.15) is 0 Å². The fourth-order valence-corrected chi connectivity index (χ4v) is 1.92. The molecule has 1 rings (SSSR count). The zero-order valence-electron chi connectivity index (χ0n) is 10.4. The smallest absolute Gasteiger partial charge is 0.332 e. The van der Waals surface area contributed by atoms with Crippen LogP contribution in [0.25, 0.3) is 0 Å². The van der Waals surface area contributed by atoms with Gasteiger partial charge in [-0.15, -0.1) is 0 Å². The molecule has 1 heterocycles. The molecule has 1 aliphatic heterocycles. The number of aliphatic hydroxyl groups excluding tert-OH is 2. The lowest BCUT2D eigenvalue weighted by Gasteiger charge is -2.18. The molecule has 0 spiro atoms. The van der Waals surface area contributed by atoms with Gasteiger partial charge in [-0.25, -0.2) is 9.59 Å². The average molecular weight is 260 g/mol. The average Bonchev–Trinajstić information content (AvgIpc) is 2.77. The minimum atomic E-state index is -1.45. The van der Waals surface area contributed by atoms with E-state index in [-0.39, 0.29) is 24.9 Å². The van der Waals surface area contributed by atoms with Crippen LogP contribution in [0.3, 0.4) is 0 Å². The van der Waals surface area contributed by atoms with Crippen LogP contribution in [0.2, 0.25) is 0 Å². The van der Waals surface area contributed by atoms with Crippen LogP contribution in [0.5, 0.6) is 0 Å². The van der Waals surface area contributed by atoms with E-state index in [9.17, 15) is 14.7 Å². The van der Waals surface area contributed by atoms with Crippen LogP contribution >= 0.6 is 0 Å². The molecule has 0 aromatic rings. The molecule has 0 aromatic carbocycles. The first-order valence-electron chi connectivity index (χ1n) is 6.03. The maximum Gasteiger partial charge on any atom is 0.332 e. The zero-order valence-corrected chi connectivity index (χ0v) is 10.4. The van der Waals surface area contributed by atoms with Crippen LogP contribution in [0.15, 0.2) is 0 Å². The molecule has 1 fully saturated rings. The molecule has 0 bridgehead atoms. The third-order valence-electron chi connectivity index (χ3n) is 3.17. The fourth-order valence-electron chi connectivity index (χ4n) is 1.92. The summed E-state index contributed by atoms with van der Waals surface area (Å²) < 4.78 is 0. The highest BCUT2D eigenvalue weighted by Gasteiger charge is 2.28. The lowest BCUT2D eigenvalue weighted by Crippen LogP contribution is -2.40. The van der Waals surface area contributed by atoms with Gasteiger partial charge < -0.3 is 25.5 Å². The highest BCUT2D eigenvalue weighted by molar-refractivity contribution is 5.75. The van der Waals surface area contributed by atoms with E-state index in [1.165, 1.54) is 0 Å². The molecule has 7 heteroatoms. The molecule has 18 heavy (non-hydrogen) atoms. The van der Waals surface area contributed by atoms with E-state index in [1.54, 1.807) is 11.8 Å². The largest absolute Gasteiger partial charge is 0.479 e. The Morgan fingerprint density at radius 3 is 2.61 bits per heavy atom. The molecule has 7 nitrogen and oxygen atoms in total. The van der Waals surface area contributed by atoms with Crippen LogP contribution in [0.4, 0.5) is 4.79 Å². The predicted octanol–water partition coefficient (Wildman–Crippen LogP) is -0.766. The van der Waals surface area contributed by atoms with E-state index in [0.717, 1.165) is 6.42 Å². The van der Waals surface area contributed by atoms with E-state index in [4.69, 9.17) is 10.2 Å². The normalized spacial score (nSPS) is 22.6. The summed E-state index contributed by atoms with van der Waals surface area (Å²) in [5.74, 6) is -1.19. The molecule has 1 aliphatic rings. The number of aliphatic carboxylic acids is 1. The Morgan fingerprint density at radius 2 is 2.11 bits per heavy atom. The second kappa shape index (κ2) is 6.55. The first kappa shape index (κ1) is 14.7. The highest BCUT2D eigenvalue weighted by atomic mass is 16.4. The summed E-state index contributed by atoms with van der Waals surface area (Å²) in [6, 6.07) is -0.282. The van der Waals surface area contributed by atoms with Crippen LogP contribution in [0, 0.1) is 5.92 Å². The number of rotatable bonds is 5. The van der Waals surface area contributed by atoms with E-state index in [2.05, 4.69) is 5.32 Å². The van der Waals surface area contributed by atoms with E-state index in [1.807, 2.05) is 0 Å². The second-order valence-corrected chi connectivity index (χ2v) is 4.61. The Labute approximate surface area is 105 Å².